The first-order valence-corrected chi connectivity index (χ1v) is 11.3. The molecule has 3 rings (SSSR count). The van der Waals surface area contributed by atoms with Gasteiger partial charge < -0.3 is 5.32 Å². The van der Waals surface area contributed by atoms with E-state index in [2.05, 4.69) is 44.0 Å². The summed E-state index contributed by atoms with van der Waals surface area (Å²) in [5, 5.41) is 13.5. The van der Waals surface area contributed by atoms with E-state index in [1.807, 2.05) is 0 Å². The van der Waals surface area contributed by atoms with Crippen molar-refractivity contribution in [2.24, 2.45) is 11.3 Å². The Morgan fingerprint density at radius 2 is 2.15 bits per heavy atom. The van der Waals surface area contributed by atoms with Crippen LogP contribution in [-0.2, 0) is 17.6 Å². The highest BCUT2D eigenvalue weighted by molar-refractivity contribution is 7.16. The van der Waals surface area contributed by atoms with Crippen molar-refractivity contribution in [3.63, 3.8) is 0 Å². The number of hydrogen-bond acceptors (Lipinski definition) is 4. The van der Waals surface area contributed by atoms with Gasteiger partial charge >= 0.3 is 0 Å². The lowest BCUT2D eigenvalue weighted by Gasteiger charge is -2.36. The quantitative estimate of drug-likeness (QED) is 0.776. The van der Waals surface area contributed by atoms with Crippen LogP contribution in [0.1, 0.15) is 75.8 Å². The first-order valence-electron chi connectivity index (χ1n) is 10.4. The third-order valence-corrected chi connectivity index (χ3v) is 8.10. The van der Waals surface area contributed by atoms with Crippen LogP contribution in [0.3, 0.4) is 0 Å². The topological polar surface area (TPSA) is 56.1 Å². The number of hydrogen-bond donors (Lipinski definition) is 1. The van der Waals surface area contributed by atoms with E-state index in [0.717, 1.165) is 30.8 Å². The number of nitrogens with one attached hydrogen (secondary N) is 1. The molecule has 0 spiro atoms. The fraction of sp³-hybridized carbons (Fsp3) is 0.727. The van der Waals surface area contributed by atoms with E-state index in [1.54, 1.807) is 11.3 Å². The molecule has 2 atom stereocenters. The number of carbonyl (C=O) groups is 1. The summed E-state index contributed by atoms with van der Waals surface area (Å²) < 4.78 is 0. The maximum absolute atomic E-state index is 12.6. The summed E-state index contributed by atoms with van der Waals surface area (Å²) in [5.41, 5.74) is 2.22. The third-order valence-electron chi connectivity index (χ3n) is 6.93. The normalized spacial score (nSPS) is 23.5. The Morgan fingerprint density at radius 1 is 1.37 bits per heavy atom. The summed E-state index contributed by atoms with van der Waals surface area (Å²) >= 11 is 1.64. The number of anilines is 1. The molecule has 0 radical (unpaired) electrons. The molecular formula is C22H33N3OS. The molecule has 2 unspecified atom stereocenters. The molecule has 1 amide bonds. The number of nitrogens with zero attached hydrogens (tertiary/aromatic N) is 2. The molecule has 1 N–H and O–H groups in total. The summed E-state index contributed by atoms with van der Waals surface area (Å²) in [6.07, 6.45) is 7.89. The molecule has 4 nitrogen and oxygen atoms in total. The molecule has 2 heterocycles. The predicted molar refractivity (Wildman–Crippen MR) is 112 cm³/mol. The number of carbonyl (C=O) groups excluding carboxylic acids is 1. The first-order chi connectivity index (χ1) is 12.9. The van der Waals surface area contributed by atoms with Gasteiger partial charge in [-0.25, -0.2) is 0 Å². The Labute approximate surface area is 167 Å². The molecular weight excluding hydrogens is 354 g/mol. The molecule has 1 aliphatic carbocycles. The zero-order chi connectivity index (χ0) is 19.6. The second-order valence-electron chi connectivity index (χ2n) is 8.97. The van der Waals surface area contributed by atoms with Gasteiger partial charge in [0, 0.05) is 10.9 Å². The van der Waals surface area contributed by atoms with E-state index in [4.69, 9.17) is 0 Å². The Hall–Kier alpha value is -1.38. The van der Waals surface area contributed by atoms with Crippen LogP contribution in [0, 0.1) is 22.7 Å². The molecule has 0 bridgehead atoms. The molecule has 0 aromatic carbocycles. The average Bonchev–Trinajstić information content (AvgIpc) is 2.99. The summed E-state index contributed by atoms with van der Waals surface area (Å²) in [6, 6.07) is 2.84. The van der Waals surface area contributed by atoms with E-state index < -0.39 is 0 Å². The van der Waals surface area contributed by atoms with Crippen molar-refractivity contribution in [2.45, 2.75) is 78.7 Å². The van der Waals surface area contributed by atoms with Crippen molar-refractivity contribution < 1.29 is 4.79 Å². The number of likely N-dealkylation sites (tertiary alicyclic amines) is 1. The summed E-state index contributed by atoms with van der Waals surface area (Å²) in [6.45, 7) is 10.6. The van der Waals surface area contributed by atoms with Crippen LogP contribution in [0.15, 0.2) is 0 Å². The van der Waals surface area contributed by atoms with Crippen molar-refractivity contribution in [2.75, 3.05) is 18.4 Å². The van der Waals surface area contributed by atoms with Crippen molar-refractivity contribution >= 4 is 22.2 Å². The van der Waals surface area contributed by atoms with Crippen LogP contribution in [0.25, 0.3) is 0 Å². The lowest BCUT2D eigenvalue weighted by Crippen LogP contribution is -2.42. The Balaban J connectivity index is 1.72. The van der Waals surface area contributed by atoms with E-state index in [9.17, 15) is 10.1 Å². The van der Waals surface area contributed by atoms with Crippen molar-refractivity contribution in [3.8, 4) is 6.07 Å². The molecule has 0 saturated carbocycles. The predicted octanol–water partition coefficient (Wildman–Crippen LogP) is 4.97. The largest absolute Gasteiger partial charge is 0.315 e. The van der Waals surface area contributed by atoms with Gasteiger partial charge in [0.1, 0.15) is 11.1 Å². The smallest absolute Gasteiger partial charge is 0.239 e. The van der Waals surface area contributed by atoms with Crippen molar-refractivity contribution in [1.82, 2.24) is 4.90 Å². The molecule has 1 aliphatic heterocycles. The molecule has 5 heteroatoms. The first kappa shape index (κ1) is 20.4. The minimum atomic E-state index is 0.0179. The summed E-state index contributed by atoms with van der Waals surface area (Å²) in [5.74, 6) is 0.669. The number of nitriles is 1. The second kappa shape index (κ2) is 8.32. The highest BCUT2D eigenvalue weighted by Gasteiger charge is 2.34. The van der Waals surface area contributed by atoms with Gasteiger partial charge in [-0.2, -0.15) is 5.26 Å². The van der Waals surface area contributed by atoms with Crippen LogP contribution in [0.5, 0.6) is 0 Å². The maximum atomic E-state index is 12.6. The molecule has 1 fully saturated rings. The van der Waals surface area contributed by atoms with Gasteiger partial charge in [-0.1, -0.05) is 33.6 Å². The summed E-state index contributed by atoms with van der Waals surface area (Å²) in [7, 11) is 0. The molecule has 1 aromatic heterocycles. The van der Waals surface area contributed by atoms with Gasteiger partial charge in [0.25, 0.3) is 0 Å². The molecule has 1 saturated heterocycles. The molecule has 2 aliphatic rings. The lowest BCUT2D eigenvalue weighted by atomic mass is 9.69. The van der Waals surface area contributed by atoms with Gasteiger partial charge in [-0.05, 0) is 62.5 Å². The van der Waals surface area contributed by atoms with Crippen LogP contribution < -0.4 is 5.32 Å². The fourth-order valence-electron chi connectivity index (χ4n) is 4.49. The summed E-state index contributed by atoms with van der Waals surface area (Å²) in [4.78, 5) is 16.2. The maximum Gasteiger partial charge on any atom is 0.239 e. The van der Waals surface area contributed by atoms with Gasteiger partial charge in [0.15, 0.2) is 0 Å². The van der Waals surface area contributed by atoms with E-state index in [-0.39, 0.29) is 5.91 Å². The number of rotatable bonds is 5. The zero-order valence-electron chi connectivity index (χ0n) is 17.2. The number of fused-ring (bicyclic) bond motifs is 1. The number of thiophene rings is 1. The van der Waals surface area contributed by atoms with Crippen molar-refractivity contribution in [3.05, 3.63) is 16.0 Å². The minimum absolute atomic E-state index is 0.0179. The molecule has 1 aromatic rings. The third kappa shape index (κ3) is 4.38. The average molecular weight is 388 g/mol. The van der Waals surface area contributed by atoms with Gasteiger partial charge in [0.05, 0.1) is 12.1 Å². The van der Waals surface area contributed by atoms with Crippen LogP contribution in [0.4, 0.5) is 5.00 Å². The van der Waals surface area contributed by atoms with Gasteiger partial charge in [0.2, 0.25) is 5.91 Å². The van der Waals surface area contributed by atoms with E-state index in [0.29, 0.717) is 29.5 Å². The molecule has 27 heavy (non-hydrogen) atoms. The number of amides is 1. The Kier molecular flexibility index (Phi) is 6.28. The van der Waals surface area contributed by atoms with Crippen LogP contribution in [0.2, 0.25) is 0 Å². The fourth-order valence-corrected chi connectivity index (χ4v) is 5.79. The van der Waals surface area contributed by atoms with E-state index >= 15 is 0 Å². The monoisotopic (exact) mass is 387 g/mol. The second-order valence-corrected chi connectivity index (χ2v) is 10.1. The molecule has 148 valence electrons. The SMILES string of the molecule is CCC(C)(C)C1CCc2c(sc(NC(=O)CN3CCCCC3C)c2C#N)C1. The minimum Gasteiger partial charge on any atom is -0.315 e. The zero-order valence-corrected chi connectivity index (χ0v) is 18.0. The standard InChI is InChI=1S/C22H33N3OS/c1-5-22(3,4)16-9-10-17-18(13-23)21(27-19(17)12-16)24-20(26)14-25-11-7-6-8-15(25)2/h15-16H,5-12,14H2,1-4H3,(H,24,26). The Bertz CT molecular complexity index is 731. The lowest BCUT2D eigenvalue weighted by molar-refractivity contribution is -0.118. The van der Waals surface area contributed by atoms with Crippen LogP contribution >= 0.6 is 11.3 Å². The van der Waals surface area contributed by atoms with E-state index in [1.165, 1.54) is 36.1 Å². The highest BCUT2D eigenvalue weighted by Crippen LogP contribution is 2.45. The van der Waals surface area contributed by atoms with Gasteiger partial charge in [-0.15, -0.1) is 11.3 Å². The highest BCUT2D eigenvalue weighted by atomic mass is 32.1. The van der Waals surface area contributed by atoms with Gasteiger partial charge in [-0.3, -0.25) is 9.69 Å². The van der Waals surface area contributed by atoms with Crippen molar-refractivity contribution in [1.29, 1.82) is 5.26 Å². The number of piperidine rings is 1. The van der Waals surface area contributed by atoms with Crippen LogP contribution in [-0.4, -0.2) is 29.9 Å². The Morgan fingerprint density at radius 3 is 2.81 bits per heavy atom.